The molecule has 0 aromatic rings. The van der Waals surface area contributed by atoms with Crippen LogP contribution in [0.3, 0.4) is 0 Å². The minimum Gasteiger partial charge on any atom is -0.274 e. The second-order valence-corrected chi connectivity index (χ2v) is 0.250. The Morgan fingerprint density at radius 3 is 1.25 bits per heavy atom. The Morgan fingerprint density at radius 1 is 1.25 bits per heavy atom. The molecule has 26 valence electrons. The molecule has 0 saturated heterocycles. The molecule has 0 aliphatic heterocycles. The third kappa shape index (κ3) is 23.6. The summed E-state index contributed by atoms with van der Waals surface area (Å²) in [5.74, 6) is 0. The summed E-state index contributed by atoms with van der Waals surface area (Å²) in [6.45, 7) is 0. The Labute approximate surface area is 39.2 Å². The molecule has 0 fully saturated rings. The minimum atomic E-state index is -1.42. The molecule has 0 aromatic heterocycles. The Morgan fingerprint density at radius 2 is 1.25 bits per heavy atom. The van der Waals surface area contributed by atoms with Crippen LogP contribution in [0.2, 0.25) is 0 Å². The van der Waals surface area contributed by atoms with Gasteiger partial charge in [0.05, 0.1) is 0 Å². The van der Waals surface area contributed by atoms with Gasteiger partial charge in [-0.15, -0.1) is 0 Å². The largest absolute Gasteiger partial charge is 0.549 e. The van der Waals surface area contributed by atoms with Gasteiger partial charge in [-0.3, -0.25) is 8.92 Å². The minimum absolute atomic E-state index is 0. The predicted molar refractivity (Wildman–Crippen MR) is 7.13 cm³/mol. The normalized spacial score (nSPS) is 2.00. The van der Waals surface area contributed by atoms with Crippen LogP contribution in [-0.2, 0) is 29.3 Å². The molecule has 0 radical (unpaired) electrons. The third-order valence-corrected chi connectivity index (χ3v) is 0. The van der Waals surface area contributed by atoms with Crippen molar-refractivity contribution in [1.29, 1.82) is 0 Å². The monoisotopic (exact) mass is 166 g/mol. The molecular weight excluding hydrogens is 167 g/mol. The van der Waals surface area contributed by atoms with Gasteiger partial charge >= 0.3 is 9.29 Å². The first-order valence-electron chi connectivity index (χ1n) is 0.408. The zero-order valence-corrected chi connectivity index (χ0v) is 4.19. The zero-order chi connectivity index (χ0) is 2.71. The van der Waals surface area contributed by atoms with Gasteiger partial charge in [0.15, 0.2) is 0 Å². The average Bonchev–Trinajstić information content (AvgIpc) is 0.918. The summed E-state index contributed by atoms with van der Waals surface area (Å²) < 4.78 is 16.8. The summed E-state index contributed by atoms with van der Waals surface area (Å²) in [6.07, 6.45) is 0. The van der Waals surface area contributed by atoms with Crippen LogP contribution in [-0.4, -0.2) is 9.29 Å². The van der Waals surface area contributed by atoms with E-state index >= 15 is 0 Å². The maximum absolute atomic E-state index is 8.40. The van der Waals surface area contributed by atoms with Crippen LogP contribution in [0, 0.1) is 0 Å². The van der Waals surface area contributed by atoms with Crippen LogP contribution in [0.15, 0.2) is 0 Å². The fourth-order valence-corrected chi connectivity index (χ4v) is 0. The molecule has 0 atom stereocenters. The molecule has 0 heterocycles. The van der Waals surface area contributed by atoms with Crippen LogP contribution in [0.4, 0.5) is 0 Å². The van der Waals surface area contributed by atoms with Crippen molar-refractivity contribution in [2.45, 2.75) is 0 Å². The Balaban J connectivity index is 0. The van der Waals surface area contributed by atoms with Gasteiger partial charge in [-0.2, -0.15) is 0 Å². The predicted octanol–water partition coefficient (Wildman–Crippen LogP) is -0.621. The van der Waals surface area contributed by atoms with Gasteiger partial charge in [0.2, 0.25) is 0 Å². The van der Waals surface area contributed by atoms with Gasteiger partial charge in [0, 0.05) is 20.4 Å². The maximum Gasteiger partial charge on any atom is 0.549 e. The van der Waals surface area contributed by atoms with Crippen molar-refractivity contribution >= 4 is 9.29 Å². The molecule has 4 heavy (non-hydrogen) atoms. The van der Waals surface area contributed by atoms with Gasteiger partial charge in [0.25, 0.3) is 0 Å². The first-order valence-corrected chi connectivity index (χ1v) is 1.22. The Hall–Kier alpha value is 0.479. The van der Waals surface area contributed by atoms with Gasteiger partial charge < -0.3 is 0 Å². The summed E-state index contributed by atoms with van der Waals surface area (Å²) >= 11 is 0. The van der Waals surface area contributed by atoms with E-state index in [9.17, 15) is 0 Å². The number of hydrogen-bond donors (Lipinski definition) is 0. The smallest absolute Gasteiger partial charge is 0.274 e. The van der Waals surface area contributed by atoms with Crippen LogP contribution in [0.1, 0.15) is 0 Å². The van der Waals surface area contributed by atoms with Gasteiger partial charge in [-0.25, -0.2) is 0 Å². The van der Waals surface area contributed by atoms with E-state index in [2.05, 4.69) is 0 Å². The molecule has 0 aliphatic rings. The summed E-state index contributed by atoms with van der Waals surface area (Å²) in [5, 5.41) is 0. The molecule has 2 nitrogen and oxygen atoms in total. The van der Waals surface area contributed by atoms with Crippen molar-refractivity contribution in [2.24, 2.45) is 0 Å². The molecule has 4 heteroatoms. The first kappa shape index (κ1) is 8.82. The zero-order valence-electron chi connectivity index (χ0n) is 1.63. The van der Waals surface area contributed by atoms with E-state index in [1.165, 1.54) is 0 Å². The van der Waals surface area contributed by atoms with Gasteiger partial charge in [-0.05, 0) is 0 Å². The number of rotatable bonds is 0. The fraction of sp³-hybridized carbons (Fsp3) is 0. The van der Waals surface area contributed by atoms with E-state index in [-0.39, 0.29) is 20.4 Å². The molecule has 0 spiro atoms. The molecule has 0 amide bonds. The summed E-state index contributed by atoms with van der Waals surface area (Å²) in [7, 11) is -1.42. The van der Waals surface area contributed by atoms with E-state index in [1.807, 2.05) is 0 Å². The quantitative estimate of drug-likeness (QED) is 0.450. The van der Waals surface area contributed by atoms with E-state index in [1.54, 1.807) is 0 Å². The topological polar surface area (TPSA) is 34.1 Å². The van der Waals surface area contributed by atoms with E-state index in [4.69, 9.17) is 8.92 Å². The molecular formula is O2PdSi. The van der Waals surface area contributed by atoms with E-state index in [0.29, 0.717) is 0 Å². The molecule has 0 aromatic carbocycles. The maximum atomic E-state index is 8.40. The summed E-state index contributed by atoms with van der Waals surface area (Å²) in [6, 6.07) is 0. The van der Waals surface area contributed by atoms with E-state index in [0.717, 1.165) is 0 Å². The SMILES string of the molecule is O=[Si]=O.[Pd]. The first-order chi connectivity index (χ1) is 1.41. The summed E-state index contributed by atoms with van der Waals surface area (Å²) in [5.41, 5.74) is 0. The molecule has 0 aliphatic carbocycles. The van der Waals surface area contributed by atoms with Crippen molar-refractivity contribution in [3.63, 3.8) is 0 Å². The van der Waals surface area contributed by atoms with E-state index < -0.39 is 9.29 Å². The Kier molecular flexibility index (Phi) is 21.6. The fourth-order valence-electron chi connectivity index (χ4n) is 0. The second kappa shape index (κ2) is 9.77. The van der Waals surface area contributed by atoms with Crippen molar-refractivity contribution in [3.8, 4) is 0 Å². The second-order valence-electron chi connectivity index (χ2n) is 0.0833. The average molecular weight is 167 g/mol. The van der Waals surface area contributed by atoms with Crippen molar-refractivity contribution in [1.82, 2.24) is 0 Å². The van der Waals surface area contributed by atoms with Crippen molar-refractivity contribution in [3.05, 3.63) is 0 Å². The van der Waals surface area contributed by atoms with Crippen molar-refractivity contribution < 1.29 is 29.3 Å². The molecule has 0 saturated carbocycles. The Bertz CT molecular complexity index is 27.0. The molecule has 0 bridgehead atoms. The van der Waals surface area contributed by atoms with Crippen molar-refractivity contribution in [2.75, 3.05) is 0 Å². The van der Waals surface area contributed by atoms with Crippen LogP contribution < -0.4 is 0 Å². The standard InChI is InChI=1S/O2Si.Pd/c1-3-2;. The van der Waals surface area contributed by atoms with Gasteiger partial charge in [0.1, 0.15) is 0 Å². The molecule has 0 unspecified atom stereocenters. The third-order valence-electron chi connectivity index (χ3n) is 0. The molecule has 0 N–H and O–H groups in total. The van der Waals surface area contributed by atoms with Crippen LogP contribution in [0.5, 0.6) is 0 Å². The summed E-state index contributed by atoms with van der Waals surface area (Å²) in [4.78, 5) is 0. The van der Waals surface area contributed by atoms with Crippen LogP contribution >= 0.6 is 0 Å². The van der Waals surface area contributed by atoms with Gasteiger partial charge in [-0.1, -0.05) is 0 Å². The van der Waals surface area contributed by atoms with Crippen LogP contribution in [0.25, 0.3) is 0 Å². The molecule has 0 rings (SSSR count). The number of hydrogen-bond acceptors (Lipinski definition) is 2.